The lowest BCUT2D eigenvalue weighted by atomic mass is 10.5. The molecule has 2 rings (SSSR count). The molecule has 2 aromatic rings. The fraction of sp³-hybridized carbons (Fsp3) is 0.125. The first-order valence-electron chi connectivity index (χ1n) is 4.91. The van der Waals surface area contributed by atoms with Gasteiger partial charge in [0, 0.05) is 18.0 Å². The Morgan fingerprint density at radius 1 is 1.58 bits per heavy atom. The van der Waals surface area contributed by atoms with E-state index in [1.54, 1.807) is 0 Å². The molecule has 0 amide bonds. The van der Waals surface area contributed by atoms with Crippen molar-refractivity contribution in [3.63, 3.8) is 0 Å². The molecule has 0 aliphatic heterocycles. The molecule has 0 aliphatic carbocycles. The van der Waals surface area contributed by atoms with Crippen molar-refractivity contribution in [1.82, 2.24) is 14.7 Å². The molecule has 0 spiro atoms. The lowest BCUT2D eigenvalue weighted by Gasteiger charge is -2.01. The number of nitrogens with two attached hydrogens (primary N) is 1. The van der Waals surface area contributed by atoms with Crippen LogP contribution in [0, 0.1) is 10.1 Å². The molecule has 0 radical (unpaired) electrons. The largest absolute Gasteiger partial charge is 0.385 e. The predicted octanol–water partition coefficient (Wildman–Crippen LogP) is 0.440. The lowest BCUT2D eigenvalue weighted by Crippen LogP contribution is -2.22. The highest BCUT2D eigenvalue weighted by Gasteiger charge is 2.24. The molecule has 2 heterocycles. The van der Waals surface area contributed by atoms with Gasteiger partial charge in [-0.25, -0.2) is 18.1 Å². The topological polar surface area (TPSA) is 144 Å². The van der Waals surface area contributed by atoms with Crippen LogP contribution in [0.15, 0.2) is 22.8 Å². The molecular weight excluding hydrogens is 294 g/mol. The number of nitrogen functional groups attached to an aromatic ring is 1. The summed E-state index contributed by atoms with van der Waals surface area (Å²) < 4.78 is 25.9. The van der Waals surface area contributed by atoms with Crippen LogP contribution in [0.5, 0.6) is 0 Å². The number of nitro groups is 1. The maximum atomic E-state index is 11.9. The summed E-state index contributed by atoms with van der Waals surface area (Å²) in [5.74, 6) is 0. The minimum absolute atomic E-state index is 0.00787. The number of sulfonamides is 1. The van der Waals surface area contributed by atoms with Gasteiger partial charge in [0.05, 0.1) is 17.8 Å². The van der Waals surface area contributed by atoms with Crippen LogP contribution in [0.2, 0.25) is 0 Å². The number of hydrogen-bond acceptors (Lipinski definition) is 7. The Balaban J connectivity index is 2.20. The Hall–Kier alpha value is -1.98. The molecule has 0 aromatic carbocycles. The van der Waals surface area contributed by atoms with Gasteiger partial charge in [-0.2, -0.15) is 0 Å². The summed E-state index contributed by atoms with van der Waals surface area (Å²) in [4.78, 5) is 16.4. The van der Waals surface area contributed by atoms with Crippen molar-refractivity contribution in [2.24, 2.45) is 0 Å². The Morgan fingerprint density at radius 3 is 2.84 bits per heavy atom. The number of nitrogens with zero attached hydrogens (tertiary/aromatic N) is 2. The molecule has 0 saturated heterocycles. The zero-order valence-corrected chi connectivity index (χ0v) is 11.0. The van der Waals surface area contributed by atoms with E-state index in [4.69, 9.17) is 5.73 Å². The molecule has 2 aromatic heterocycles. The second-order valence-corrected chi connectivity index (χ2v) is 6.55. The summed E-state index contributed by atoms with van der Waals surface area (Å²) in [7, 11) is -3.84. The van der Waals surface area contributed by atoms with Crippen LogP contribution >= 0.6 is 11.3 Å². The van der Waals surface area contributed by atoms with Gasteiger partial charge in [-0.05, 0) is 0 Å². The van der Waals surface area contributed by atoms with Crippen molar-refractivity contribution in [2.45, 2.75) is 10.8 Å². The summed E-state index contributed by atoms with van der Waals surface area (Å²) in [5.41, 5.74) is 5.56. The number of thiophene rings is 1. The van der Waals surface area contributed by atoms with Gasteiger partial charge in [0.15, 0.2) is 5.00 Å². The van der Waals surface area contributed by atoms with E-state index >= 15 is 0 Å². The second kappa shape index (κ2) is 4.95. The number of nitrogens with one attached hydrogen (secondary N) is 2. The molecule has 19 heavy (non-hydrogen) atoms. The van der Waals surface area contributed by atoms with Gasteiger partial charge in [0.1, 0.15) is 4.21 Å². The van der Waals surface area contributed by atoms with E-state index in [-0.39, 0.29) is 15.8 Å². The minimum atomic E-state index is -3.84. The molecular formula is C8H9N5O4S2. The molecule has 102 valence electrons. The third-order valence-corrected chi connectivity index (χ3v) is 5.01. The fourth-order valence-corrected chi connectivity index (χ4v) is 3.54. The predicted molar refractivity (Wildman–Crippen MR) is 68.0 cm³/mol. The molecule has 11 heteroatoms. The highest BCUT2D eigenvalue weighted by Crippen LogP contribution is 2.34. The van der Waals surface area contributed by atoms with Crippen molar-refractivity contribution >= 4 is 32.0 Å². The van der Waals surface area contributed by atoms with Crippen LogP contribution in [0.4, 0.5) is 10.7 Å². The smallest absolute Gasteiger partial charge is 0.304 e. The third kappa shape index (κ3) is 2.89. The Labute approximate surface area is 111 Å². The second-order valence-electron chi connectivity index (χ2n) is 3.47. The molecule has 0 aliphatic rings. The van der Waals surface area contributed by atoms with Crippen LogP contribution in [0.25, 0.3) is 0 Å². The van der Waals surface area contributed by atoms with Crippen molar-refractivity contribution in [3.05, 3.63) is 34.4 Å². The van der Waals surface area contributed by atoms with Crippen LogP contribution in [0.1, 0.15) is 5.69 Å². The molecule has 9 nitrogen and oxygen atoms in total. The SMILES string of the molecule is Nc1sc(S(=O)(=O)NCc2cnc[nH]2)cc1[N+](=O)[O-]. The van der Waals surface area contributed by atoms with E-state index in [2.05, 4.69) is 14.7 Å². The molecule has 0 atom stereocenters. The summed E-state index contributed by atoms with van der Waals surface area (Å²) in [6.45, 7) is 0.00787. The van der Waals surface area contributed by atoms with E-state index in [9.17, 15) is 18.5 Å². The van der Waals surface area contributed by atoms with Crippen LogP contribution in [0.3, 0.4) is 0 Å². The highest BCUT2D eigenvalue weighted by atomic mass is 32.2. The maximum Gasteiger partial charge on any atom is 0.304 e. The van der Waals surface area contributed by atoms with Gasteiger partial charge in [0.2, 0.25) is 0 Å². The van der Waals surface area contributed by atoms with Crippen molar-refractivity contribution in [1.29, 1.82) is 0 Å². The zero-order valence-electron chi connectivity index (χ0n) is 9.36. The van der Waals surface area contributed by atoms with E-state index in [0.717, 1.165) is 6.07 Å². The first-order valence-corrected chi connectivity index (χ1v) is 7.21. The van der Waals surface area contributed by atoms with E-state index in [0.29, 0.717) is 17.0 Å². The van der Waals surface area contributed by atoms with E-state index in [1.165, 1.54) is 12.5 Å². The minimum Gasteiger partial charge on any atom is -0.385 e. The number of rotatable bonds is 5. The molecule has 0 fully saturated rings. The normalized spacial score (nSPS) is 11.6. The first-order chi connectivity index (χ1) is 8.90. The van der Waals surface area contributed by atoms with Crippen LogP contribution < -0.4 is 10.5 Å². The highest BCUT2D eigenvalue weighted by molar-refractivity contribution is 7.91. The summed E-state index contributed by atoms with van der Waals surface area (Å²) in [5, 5.41) is 10.5. The van der Waals surface area contributed by atoms with E-state index < -0.39 is 20.6 Å². The summed E-state index contributed by atoms with van der Waals surface area (Å²) >= 11 is 0.647. The molecule has 0 saturated carbocycles. The summed E-state index contributed by atoms with van der Waals surface area (Å²) in [6, 6.07) is 0.940. The fourth-order valence-electron chi connectivity index (χ4n) is 1.27. The number of imidazole rings is 1. The van der Waals surface area contributed by atoms with Crippen molar-refractivity contribution in [3.8, 4) is 0 Å². The molecule has 4 N–H and O–H groups in total. The van der Waals surface area contributed by atoms with Crippen LogP contribution in [-0.2, 0) is 16.6 Å². The van der Waals surface area contributed by atoms with Gasteiger partial charge in [-0.1, -0.05) is 11.3 Å². The van der Waals surface area contributed by atoms with Gasteiger partial charge in [0.25, 0.3) is 10.0 Å². The Morgan fingerprint density at radius 2 is 2.32 bits per heavy atom. The van der Waals surface area contributed by atoms with Gasteiger partial charge in [-0.15, -0.1) is 0 Å². The average molecular weight is 303 g/mol. The lowest BCUT2D eigenvalue weighted by molar-refractivity contribution is -0.383. The number of H-pyrrole nitrogens is 1. The first kappa shape index (κ1) is 13.5. The maximum absolute atomic E-state index is 11.9. The molecule has 0 unspecified atom stereocenters. The Kier molecular flexibility index (Phi) is 3.50. The average Bonchev–Trinajstić information content (AvgIpc) is 2.95. The number of aromatic amines is 1. The number of anilines is 1. The van der Waals surface area contributed by atoms with Crippen molar-refractivity contribution in [2.75, 3.05) is 5.73 Å². The van der Waals surface area contributed by atoms with Gasteiger partial charge >= 0.3 is 5.69 Å². The quantitative estimate of drug-likeness (QED) is 0.540. The summed E-state index contributed by atoms with van der Waals surface area (Å²) in [6.07, 6.45) is 2.88. The van der Waals surface area contributed by atoms with E-state index in [1.807, 2.05) is 0 Å². The monoisotopic (exact) mass is 303 g/mol. The van der Waals surface area contributed by atoms with Crippen LogP contribution in [-0.4, -0.2) is 23.3 Å². The van der Waals surface area contributed by atoms with Crippen molar-refractivity contribution < 1.29 is 13.3 Å². The number of aromatic nitrogens is 2. The third-order valence-electron chi connectivity index (χ3n) is 2.19. The molecule has 0 bridgehead atoms. The van der Waals surface area contributed by atoms with Gasteiger partial charge in [-0.3, -0.25) is 10.1 Å². The van der Waals surface area contributed by atoms with Gasteiger partial charge < -0.3 is 10.7 Å². The number of hydrogen-bond donors (Lipinski definition) is 3. The standard InChI is InChI=1S/C8H9N5O4S2/c9-8-6(13(14)15)1-7(18-8)19(16,17)12-3-5-2-10-4-11-5/h1-2,4,12H,3,9H2,(H,10,11). The zero-order chi connectivity index (χ0) is 14.0. The Bertz CT molecular complexity index is 691.